The van der Waals surface area contributed by atoms with E-state index >= 15 is 0 Å². The van der Waals surface area contributed by atoms with Crippen LogP contribution >= 0.6 is 0 Å². The van der Waals surface area contributed by atoms with Crippen molar-refractivity contribution in [3.63, 3.8) is 0 Å². The summed E-state index contributed by atoms with van der Waals surface area (Å²) in [6.07, 6.45) is 6.40. The first-order valence-corrected chi connectivity index (χ1v) is 5.31. The first-order valence-electron chi connectivity index (χ1n) is 5.31. The second-order valence-electron chi connectivity index (χ2n) is 3.96. The Morgan fingerprint density at radius 2 is 2.53 bits per heavy atom. The number of nitrogens with two attached hydrogens (primary N) is 1. The third-order valence-corrected chi connectivity index (χ3v) is 3.04. The molecule has 5 heteroatoms. The standard InChI is InChI=1S/C10H16N4O/c11-6-7-2-1-3-8(7)9(15)14-10-12-4-5-13-10/h4-5,7-8H,1-3,6,11H2,(H2,12,13,14,15). The summed E-state index contributed by atoms with van der Waals surface area (Å²) in [5.74, 6) is 0.945. The van der Waals surface area contributed by atoms with Gasteiger partial charge in [-0.1, -0.05) is 6.42 Å². The van der Waals surface area contributed by atoms with Gasteiger partial charge in [-0.3, -0.25) is 10.1 Å². The molecule has 4 N–H and O–H groups in total. The van der Waals surface area contributed by atoms with E-state index < -0.39 is 0 Å². The van der Waals surface area contributed by atoms with Crippen molar-refractivity contribution in [3.05, 3.63) is 12.4 Å². The number of aromatic amines is 1. The van der Waals surface area contributed by atoms with Crippen molar-refractivity contribution in [2.75, 3.05) is 11.9 Å². The van der Waals surface area contributed by atoms with Gasteiger partial charge >= 0.3 is 0 Å². The Morgan fingerprint density at radius 1 is 1.67 bits per heavy atom. The number of amides is 1. The van der Waals surface area contributed by atoms with E-state index in [4.69, 9.17) is 5.73 Å². The normalized spacial score (nSPS) is 25.4. The first kappa shape index (κ1) is 10.2. The fourth-order valence-electron chi connectivity index (χ4n) is 2.21. The molecule has 1 aliphatic carbocycles. The highest BCUT2D eigenvalue weighted by Gasteiger charge is 2.32. The maximum Gasteiger partial charge on any atom is 0.230 e. The molecule has 0 saturated heterocycles. The van der Waals surface area contributed by atoms with Crippen LogP contribution in [0.3, 0.4) is 0 Å². The van der Waals surface area contributed by atoms with Crippen molar-refractivity contribution in [2.45, 2.75) is 19.3 Å². The van der Waals surface area contributed by atoms with Gasteiger partial charge in [-0.25, -0.2) is 4.98 Å². The predicted molar refractivity (Wildman–Crippen MR) is 57.1 cm³/mol. The van der Waals surface area contributed by atoms with E-state index in [9.17, 15) is 4.79 Å². The van der Waals surface area contributed by atoms with E-state index in [0.29, 0.717) is 18.4 Å². The Bertz CT molecular complexity index is 322. The highest BCUT2D eigenvalue weighted by atomic mass is 16.2. The van der Waals surface area contributed by atoms with Crippen molar-refractivity contribution in [1.82, 2.24) is 9.97 Å². The Kier molecular flexibility index (Phi) is 3.01. The lowest BCUT2D eigenvalue weighted by Crippen LogP contribution is -2.30. The van der Waals surface area contributed by atoms with Crippen LogP contribution in [0.5, 0.6) is 0 Å². The third kappa shape index (κ3) is 2.18. The number of carbonyl (C=O) groups excluding carboxylic acids is 1. The molecule has 0 bridgehead atoms. The second-order valence-corrected chi connectivity index (χ2v) is 3.96. The van der Waals surface area contributed by atoms with Crippen LogP contribution in [0.1, 0.15) is 19.3 Å². The zero-order valence-corrected chi connectivity index (χ0v) is 8.57. The van der Waals surface area contributed by atoms with Crippen LogP contribution in [-0.2, 0) is 4.79 Å². The number of nitrogens with zero attached hydrogens (tertiary/aromatic N) is 1. The first-order chi connectivity index (χ1) is 7.31. The topological polar surface area (TPSA) is 83.8 Å². The number of nitrogens with one attached hydrogen (secondary N) is 2. The average Bonchev–Trinajstić information content (AvgIpc) is 2.86. The molecule has 1 heterocycles. The Labute approximate surface area is 88.5 Å². The fourth-order valence-corrected chi connectivity index (χ4v) is 2.21. The Hall–Kier alpha value is -1.36. The summed E-state index contributed by atoms with van der Waals surface area (Å²) >= 11 is 0. The quantitative estimate of drug-likeness (QED) is 0.684. The molecule has 0 radical (unpaired) electrons. The van der Waals surface area contributed by atoms with E-state index in [1.54, 1.807) is 12.4 Å². The molecule has 1 saturated carbocycles. The summed E-state index contributed by atoms with van der Waals surface area (Å²) in [5.41, 5.74) is 5.63. The van der Waals surface area contributed by atoms with Crippen LogP contribution in [0.25, 0.3) is 0 Å². The molecule has 2 unspecified atom stereocenters. The van der Waals surface area contributed by atoms with Crippen LogP contribution < -0.4 is 11.1 Å². The van der Waals surface area contributed by atoms with Gasteiger partial charge in [-0.15, -0.1) is 0 Å². The van der Waals surface area contributed by atoms with Gasteiger partial charge < -0.3 is 10.7 Å². The molecular formula is C10H16N4O. The van der Waals surface area contributed by atoms with Gasteiger partial charge in [0.25, 0.3) is 0 Å². The molecule has 82 valence electrons. The summed E-state index contributed by atoms with van der Waals surface area (Å²) in [6.45, 7) is 0.593. The monoisotopic (exact) mass is 208 g/mol. The van der Waals surface area contributed by atoms with Gasteiger partial charge in [0.1, 0.15) is 0 Å². The summed E-state index contributed by atoms with van der Waals surface area (Å²) in [4.78, 5) is 18.7. The Morgan fingerprint density at radius 3 is 3.20 bits per heavy atom. The largest absolute Gasteiger partial charge is 0.331 e. The molecule has 0 aromatic carbocycles. The molecule has 1 aromatic heterocycles. The molecule has 0 spiro atoms. The number of aromatic nitrogens is 2. The number of rotatable bonds is 3. The maximum atomic E-state index is 11.9. The molecule has 1 aromatic rings. The summed E-state index contributed by atoms with van der Waals surface area (Å²) in [7, 11) is 0. The van der Waals surface area contributed by atoms with Crippen LogP contribution in [0.4, 0.5) is 5.95 Å². The van der Waals surface area contributed by atoms with E-state index in [1.807, 2.05) is 0 Å². The number of hydrogen-bond acceptors (Lipinski definition) is 3. The highest BCUT2D eigenvalue weighted by molar-refractivity contribution is 5.91. The number of H-pyrrole nitrogens is 1. The minimum absolute atomic E-state index is 0.0397. The minimum atomic E-state index is 0.0397. The van der Waals surface area contributed by atoms with E-state index in [1.165, 1.54) is 0 Å². The summed E-state index contributed by atoms with van der Waals surface area (Å²) in [5, 5.41) is 2.77. The van der Waals surface area contributed by atoms with E-state index in [0.717, 1.165) is 19.3 Å². The molecule has 1 fully saturated rings. The number of anilines is 1. The van der Waals surface area contributed by atoms with Crippen LogP contribution in [0.15, 0.2) is 12.4 Å². The Balaban J connectivity index is 1.96. The summed E-state index contributed by atoms with van der Waals surface area (Å²) in [6, 6.07) is 0. The zero-order chi connectivity index (χ0) is 10.7. The van der Waals surface area contributed by atoms with Gasteiger partial charge in [0, 0.05) is 18.3 Å². The van der Waals surface area contributed by atoms with Crippen LogP contribution in [0.2, 0.25) is 0 Å². The van der Waals surface area contributed by atoms with Gasteiger partial charge in [-0.05, 0) is 25.3 Å². The second kappa shape index (κ2) is 4.44. The number of carbonyl (C=O) groups is 1. The lowest BCUT2D eigenvalue weighted by molar-refractivity contribution is -0.120. The zero-order valence-electron chi connectivity index (χ0n) is 8.57. The molecule has 1 aliphatic rings. The lowest BCUT2D eigenvalue weighted by atomic mass is 9.95. The maximum absolute atomic E-state index is 11.9. The van der Waals surface area contributed by atoms with Crippen LogP contribution in [-0.4, -0.2) is 22.4 Å². The van der Waals surface area contributed by atoms with Crippen molar-refractivity contribution < 1.29 is 4.79 Å². The SMILES string of the molecule is NCC1CCCC1C(=O)Nc1ncc[nH]1. The third-order valence-electron chi connectivity index (χ3n) is 3.04. The lowest BCUT2D eigenvalue weighted by Gasteiger charge is -2.16. The van der Waals surface area contributed by atoms with Crippen molar-refractivity contribution in [3.8, 4) is 0 Å². The highest BCUT2D eigenvalue weighted by Crippen LogP contribution is 2.31. The molecule has 5 nitrogen and oxygen atoms in total. The number of imidazole rings is 1. The van der Waals surface area contributed by atoms with E-state index in [2.05, 4.69) is 15.3 Å². The fraction of sp³-hybridized carbons (Fsp3) is 0.600. The molecule has 15 heavy (non-hydrogen) atoms. The number of hydrogen-bond donors (Lipinski definition) is 3. The van der Waals surface area contributed by atoms with Crippen molar-refractivity contribution in [2.24, 2.45) is 17.6 Å². The minimum Gasteiger partial charge on any atom is -0.331 e. The predicted octanol–water partition coefficient (Wildman–Crippen LogP) is 0.723. The molecular weight excluding hydrogens is 192 g/mol. The molecule has 2 rings (SSSR count). The van der Waals surface area contributed by atoms with Gasteiger partial charge in [0.05, 0.1) is 0 Å². The van der Waals surface area contributed by atoms with Gasteiger partial charge in [0.2, 0.25) is 11.9 Å². The summed E-state index contributed by atoms with van der Waals surface area (Å²) < 4.78 is 0. The van der Waals surface area contributed by atoms with Crippen molar-refractivity contribution in [1.29, 1.82) is 0 Å². The van der Waals surface area contributed by atoms with Crippen molar-refractivity contribution >= 4 is 11.9 Å². The smallest absolute Gasteiger partial charge is 0.230 e. The molecule has 1 amide bonds. The van der Waals surface area contributed by atoms with Gasteiger partial charge in [0.15, 0.2) is 0 Å². The van der Waals surface area contributed by atoms with Crippen LogP contribution in [0, 0.1) is 11.8 Å². The molecule has 2 atom stereocenters. The van der Waals surface area contributed by atoms with E-state index in [-0.39, 0.29) is 11.8 Å². The molecule has 0 aliphatic heterocycles. The average molecular weight is 208 g/mol. The van der Waals surface area contributed by atoms with Gasteiger partial charge in [-0.2, -0.15) is 0 Å².